The minimum atomic E-state index is -0.142. The monoisotopic (exact) mass is 227 g/mol. The molecule has 0 bridgehead atoms. The SMILES string of the molecule is CC.Cc1csc(NC(=O)NC2CC2)n1. The van der Waals surface area contributed by atoms with Crippen LogP contribution in [0, 0.1) is 6.92 Å². The Morgan fingerprint density at radius 3 is 2.67 bits per heavy atom. The minimum Gasteiger partial charge on any atom is -0.335 e. The van der Waals surface area contributed by atoms with E-state index in [1.54, 1.807) is 0 Å². The first kappa shape index (κ1) is 12.0. The third-order valence-corrected chi connectivity index (χ3v) is 2.63. The molecule has 15 heavy (non-hydrogen) atoms. The normalized spacial score (nSPS) is 13.8. The lowest BCUT2D eigenvalue weighted by atomic mass is 10.6. The van der Waals surface area contributed by atoms with Crippen molar-refractivity contribution in [2.75, 3.05) is 5.32 Å². The zero-order valence-corrected chi connectivity index (χ0v) is 10.1. The van der Waals surface area contributed by atoms with E-state index in [-0.39, 0.29) is 6.03 Å². The van der Waals surface area contributed by atoms with Crippen LogP contribution >= 0.6 is 11.3 Å². The largest absolute Gasteiger partial charge is 0.335 e. The Morgan fingerprint density at radius 2 is 2.20 bits per heavy atom. The number of aryl methyl sites for hydroxylation is 1. The van der Waals surface area contributed by atoms with Gasteiger partial charge in [-0.3, -0.25) is 5.32 Å². The predicted molar refractivity (Wildman–Crippen MR) is 63.4 cm³/mol. The van der Waals surface area contributed by atoms with E-state index in [9.17, 15) is 4.79 Å². The fourth-order valence-electron chi connectivity index (χ4n) is 0.958. The van der Waals surface area contributed by atoms with Gasteiger partial charge in [0.25, 0.3) is 0 Å². The van der Waals surface area contributed by atoms with Crippen molar-refractivity contribution in [3.8, 4) is 0 Å². The second-order valence-corrected chi connectivity index (χ2v) is 4.02. The highest BCUT2D eigenvalue weighted by Crippen LogP contribution is 2.19. The average molecular weight is 227 g/mol. The molecule has 0 aliphatic heterocycles. The van der Waals surface area contributed by atoms with Crippen molar-refractivity contribution in [3.63, 3.8) is 0 Å². The van der Waals surface area contributed by atoms with Crippen LogP contribution in [-0.4, -0.2) is 17.1 Å². The van der Waals surface area contributed by atoms with Crippen LogP contribution in [0.1, 0.15) is 32.4 Å². The van der Waals surface area contributed by atoms with Gasteiger partial charge in [-0.25, -0.2) is 9.78 Å². The molecule has 4 nitrogen and oxygen atoms in total. The van der Waals surface area contributed by atoms with Crippen molar-refractivity contribution >= 4 is 22.5 Å². The van der Waals surface area contributed by atoms with Crippen LogP contribution < -0.4 is 10.6 Å². The number of amides is 2. The third kappa shape index (κ3) is 4.29. The number of aromatic nitrogens is 1. The van der Waals surface area contributed by atoms with Crippen LogP contribution in [0.4, 0.5) is 9.93 Å². The number of carbonyl (C=O) groups is 1. The van der Waals surface area contributed by atoms with E-state index in [0.29, 0.717) is 11.2 Å². The maximum absolute atomic E-state index is 11.2. The fourth-order valence-corrected chi connectivity index (χ4v) is 1.64. The summed E-state index contributed by atoms with van der Waals surface area (Å²) >= 11 is 1.44. The summed E-state index contributed by atoms with van der Waals surface area (Å²) in [7, 11) is 0. The van der Waals surface area contributed by atoms with Gasteiger partial charge in [0.1, 0.15) is 0 Å². The molecule has 1 saturated carbocycles. The van der Waals surface area contributed by atoms with E-state index in [2.05, 4.69) is 15.6 Å². The van der Waals surface area contributed by atoms with Crippen LogP contribution in [-0.2, 0) is 0 Å². The Labute approximate surface area is 94.1 Å². The summed E-state index contributed by atoms with van der Waals surface area (Å²) in [6.07, 6.45) is 2.20. The van der Waals surface area contributed by atoms with Gasteiger partial charge < -0.3 is 5.32 Å². The van der Waals surface area contributed by atoms with E-state index in [4.69, 9.17) is 0 Å². The lowest BCUT2D eigenvalue weighted by Gasteiger charge is -2.01. The van der Waals surface area contributed by atoms with Crippen molar-refractivity contribution in [2.45, 2.75) is 39.7 Å². The van der Waals surface area contributed by atoms with Gasteiger partial charge in [0, 0.05) is 11.4 Å². The topological polar surface area (TPSA) is 54.0 Å². The van der Waals surface area contributed by atoms with Gasteiger partial charge in [-0.2, -0.15) is 0 Å². The van der Waals surface area contributed by atoms with Gasteiger partial charge in [-0.05, 0) is 19.8 Å². The molecule has 1 aliphatic rings. The predicted octanol–water partition coefficient (Wildman–Crippen LogP) is 2.76. The zero-order chi connectivity index (χ0) is 11.3. The van der Waals surface area contributed by atoms with Gasteiger partial charge in [0.2, 0.25) is 0 Å². The van der Waals surface area contributed by atoms with Gasteiger partial charge >= 0.3 is 6.03 Å². The molecule has 0 atom stereocenters. The van der Waals surface area contributed by atoms with Gasteiger partial charge in [-0.15, -0.1) is 11.3 Å². The number of urea groups is 1. The van der Waals surface area contributed by atoms with Gasteiger partial charge in [0.05, 0.1) is 5.69 Å². The molecular weight excluding hydrogens is 210 g/mol. The molecular formula is C10H17N3OS. The number of anilines is 1. The first-order valence-corrected chi connectivity index (χ1v) is 6.11. The second-order valence-electron chi connectivity index (χ2n) is 3.17. The quantitative estimate of drug-likeness (QED) is 0.816. The molecule has 2 rings (SSSR count). The van der Waals surface area contributed by atoms with Crippen LogP contribution in [0.3, 0.4) is 0 Å². The summed E-state index contributed by atoms with van der Waals surface area (Å²) in [5.41, 5.74) is 0.937. The second kappa shape index (κ2) is 5.70. The number of nitrogens with zero attached hydrogens (tertiary/aromatic N) is 1. The summed E-state index contributed by atoms with van der Waals surface area (Å²) < 4.78 is 0. The van der Waals surface area contributed by atoms with Crippen molar-refractivity contribution < 1.29 is 4.79 Å². The van der Waals surface area contributed by atoms with Crippen molar-refractivity contribution in [1.29, 1.82) is 0 Å². The lowest BCUT2D eigenvalue weighted by Crippen LogP contribution is -2.30. The van der Waals surface area contributed by atoms with Crippen molar-refractivity contribution in [2.24, 2.45) is 0 Å². The minimum absolute atomic E-state index is 0.142. The van der Waals surface area contributed by atoms with E-state index >= 15 is 0 Å². The molecule has 1 aromatic heterocycles. The molecule has 1 aliphatic carbocycles. The molecule has 0 saturated heterocycles. The molecule has 84 valence electrons. The van der Waals surface area contributed by atoms with E-state index in [1.165, 1.54) is 11.3 Å². The number of hydrogen-bond donors (Lipinski definition) is 2. The molecule has 5 heteroatoms. The molecule has 2 amide bonds. The van der Waals surface area contributed by atoms with Crippen LogP contribution in [0.25, 0.3) is 0 Å². The summed E-state index contributed by atoms with van der Waals surface area (Å²) in [5.74, 6) is 0. The number of hydrogen-bond acceptors (Lipinski definition) is 3. The van der Waals surface area contributed by atoms with E-state index in [0.717, 1.165) is 18.5 Å². The van der Waals surface area contributed by atoms with Crippen molar-refractivity contribution in [1.82, 2.24) is 10.3 Å². The first-order chi connectivity index (χ1) is 7.24. The number of nitrogens with one attached hydrogen (secondary N) is 2. The zero-order valence-electron chi connectivity index (χ0n) is 9.33. The van der Waals surface area contributed by atoms with Crippen LogP contribution in [0.5, 0.6) is 0 Å². The van der Waals surface area contributed by atoms with Gasteiger partial charge in [-0.1, -0.05) is 13.8 Å². The number of thiazole rings is 1. The fraction of sp³-hybridized carbons (Fsp3) is 0.600. The molecule has 1 heterocycles. The molecule has 0 radical (unpaired) electrons. The van der Waals surface area contributed by atoms with Gasteiger partial charge in [0.15, 0.2) is 5.13 Å². The highest BCUT2D eigenvalue weighted by atomic mass is 32.1. The first-order valence-electron chi connectivity index (χ1n) is 5.24. The number of carbonyl (C=O) groups excluding carboxylic acids is 1. The summed E-state index contributed by atoms with van der Waals surface area (Å²) in [6.45, 7) is 5.90. The summed E-state index contributed by atoms with van der Waals surface area (Å²) in [4.78, 5) is 15.3. The molecule has 1 fully saturated rings. The van der Waals surface area contributed by atoms with Crippen LogP contribution in [0.15, 0.2) is 5.38 Å². The maximum Gasteiger partial charge on any atom is 0.321 e. The molecule has 0 unspecified atom stereocenters. The smallest absolute Gasteiger partial charge is 0.321 e. The summed E-state index contributed by atoms with van der Waals surface area (Å²) in [6, 6.07) is 0.248. The Balaban J connectivity index is 0.000000531. The molecule has 0 aromatic carbocycles. The summed E-state index contributed by atoms with van der Waals surface area (Å²) in [5, 5.41) is 8.09. The van der Waals surface area contributed by atoms with E-state index in [1.807, 2.05) is 26.2 Å². The van der Waals surface area contributed by atoms with Crippen molar-refractivity contribution in [3.05, 3.63) is 11.1 Å². The Hall–Kier alpha value is -1.10. The van der Waals surface area contributed by atoms with E-state index < -0.39 is 0 Å². The highest BCUT2D eigenvalue weighted by molar-refractivity contribution is 7.13. The Kier molecular flexibility index (Phi) is 4.55. The molecule has 2 N–H and O–H groups in total. The Bertz CT molecular complexity index is 320. The number of rotatable bonds is 2. The van der Waals surface area contributed by atoms with Crippen LogP contribution in [0.2, 0.25) is 0 Å². The lowest BCUT2D eigenvalue weighted by molar-refractivity contribution is 0.251. The average Bonchev–Trinajstić information content (AvgIpc) is 2.93. The third-order valence-electron chi connectivity index (χ3n) is 1.75. The standard InChI is InChI=1S/C8H11N3OS.C2H6/c1-5-4-13-8(9-5)11-7(12)10-6-2-3-6;1-2/h4,6H,2-3H2,1H3,(H2,9,10,11,12);1-2H3. The maximum atomic E-state index is 11.2. The highest BCUT2D eigenvalue weighted by Gasteiger charge is 2.23. The Morgan fingerprint density at radius 1 is 1.53 bits per heavy atom. The molecule has 0 spiro atoms. The molecule has 1 aromatic rings.